The van der Waals surface area contributed by atoms with Gasteiger partial charge in [0.15, 0.2) is 11.4 Å². The van der Waals surface area contributed by atoms with Crippen LogP contribution < -0.4 is 15.2 Å². The van der Waals surface area contributed by atoms with Gasteiger partial charge in [-0.15, -0.1) is 11.8 Å². The highest BCUT2D eigenvalue weighted by Crippen LogP contribution is 2.46. The van der Waals surface area contributed by atoms with Crippen molar-refractivity contribution in [3.05, 3.63) is 87.3 Å². The van der Waals surface area contributed by atoms with Gasteiger partial charge in [0.05, 0.1) is 6.61 Å². The predicted octanol–water partition coefficient (Wildman–Crippen LogP) is 3.72. The molecule has 0 radical (unpaired) electrons. The number of aromatic hydroxyl groups is 1. The Morgan fingerprint density at radius 1 is 1.09 bits per heavy atom. The maximum atomic E-state index is 13.4. The first-order valence-corrected chi connectivity index (χ1v) is 12.5. The fraction of sp³-hybridized carbons (Fsp3) is 0.308. The fourth-order valence-electron chi connectivity index (χ4n) is 5.07. The molecule has 2 bridgehead atoms. The van der Waals surface area contributed by atoms with Crippen molar-refractivity contribution >= 4 is 17.7 Å². The van der Waals surface area contributed by atoms with Gasteiger partial charge in [-0.25, -0.2) is 0 Å². The van der Waals surface area contributed by atoms with Gasteiger partial charge >= 0.3 is 0 Å². The SMILES string of the molecule is C[C@@H]1CCN2CN([C@H]3c4ccccc4SCc4cccc(c43)OC1)n1ccc(=O)c(O)c1C2=O. The van der Waals surface area contributed by atoms with Crippen molar-refractivity contribution in [2.45, 2.75) is 30.0 Å². The number of nitrogens with zero attached hydrogens (tertiary/aromatic N) is 3. The van der Waals surface area contributed by atoms with E-state index in [4.69, 9.17) is 4.74 Å². The maximum absolute atomic E-state index is 13.4. The predicted molar refractivity (Wildman–Crippen MR) is 130 cm³/mol. The molecule has 1 aromatic heterocycles. The van der Waals surface area contributed by atoms with Crippen molar-refractivity contribution in [2.24, 2.45) is 5.92 Å². The number of thioether (sulfide) groups is 1. The molecule has 1 amide bonds. The van der Waals surface area contributed by atoms with Crippen LogP contribution in [-0.4, -0.2) is 40.4 Å². The summed E-state index contributed by atoms with van der Waals surface area (Å²) in [7, 11) is 0. The molecule has 2 aromatic carbocycles. The highest BCUT2D eigenvalue weighted by molar-refractivity contribution is 7.98. The molecule has 0 fully saturated rings. The molecule has 6 rings (SSSR count). The second-order valence-corrected chi connectivity index (χ2v) is 10.2. The summed E-state index contributed by atoms with van der Waals surface area (Å²) in [6, 6.07) is 15.5. The van der Waals surface area contributed by atoms with E-state index in [1.807, 2.05) is 24.3 Å². The zero-order valence-corrected chi connectivity index (χ0v) is 19.6. The molecular formula is C26H25N3O4S. The normalized spacial score (nSPS) is 21.4. The van der Waals surface area contributed by atoms with Crippen LogP contribution in [0.15, 0.2) is 64.4 Å². The van der Waals surface area contributed by atoms with E-state index in [9.17, 15) is 14.7 Å². The Labute approximate surface area is 201 Å². The smallest absolute Gasteiger partial charge is 0.277 e. The Morgan fingerprint density at radius 2 is 1.94 bits per heavy atom. The molecule has 3 aliphatic rings. The first kappa shape index (κ1) is 21.2. The third-order valence-electron chi connectivity index (χ3n) is 6.88. The van der Waals surface area contributed by atoms with Gasteiger partial charge in [-0.05, 0) is 35.6 Å². The highest BCUT2D eigenvalue weighted by atomic mass is 32.2. The molecule has 8 heteroatoms. The molecule has 2 atom stereocenters. The number of benzene rings is 2. The number of amides is 1. The lowest BCUT2D eigenvalue weighted by atomic mass is 9.93. The molecule has 0 spiro atoms. The van der Waals surface area contributed by atoms with Crippen molar-refractivity contribution in [3.8, 4) is 11.5 Å². The molecule has 174 valence electrons. The highest BCUT2D eigenvalue weighted by Gasteiger charge is 2.40. The van der Waals surface area contributed by atoms with Gasteiger partial charge in [-0.2, -0.15) is 0 Å². The van der Waals surface area contributed by atoms with Crippen LogP contribution in [0.1, 0.15) is 46.6 Å². The molecule has 4 heterocycles. The summed E-state index contributed by atoms with van der Waals surface area (Å²) in [6.07, 6.45) is 2.35. The molecule has 3 aromatic rings. The molecule has 0 unspecified atom stereocenters. The minimum atomic E-state index is -0.555. The van der Waals surface area contributed by atoms with Crippen LogP contribution in [0, 0.1) is 5.92 Å². The van der Waals surface area contributed by atoms with Crippen molar-refractivity contribution < 1.29 is 14.6 Å². The van der Waals surface area contributed by atoms with E-state index in [0.29, 0.717) is 19.8 Å². The van der Waals surface area contributed by atoms with Crippen molar-refractivity contribution in [1.29, 1.82) is 0 Å². The Hall–Kier alpha value is -3.39. The Kier molecular flexibility index (Phi) is 5.06. The number of fused-ring (bicyclic) bond motifs is 7. The summed E-state index contributed by atoms with van der Waals surface area (Å²) in [6.45, 7) is 3.51. The van der Waals surface area contributed by atoms with E-state index in [0.717, 1.165) is 33.9 Å². The molecule has 0 aliphatic carbocycles. The van der Waals surface area contributed by atoms with E-state index < -0.39 is 11.2 Å². The van der Waals surface area contributed by atoms with E-state index >= 15 is 0 Å². The topological polar surface area (TPSA) is 75.0 Å². The minimum absolute atomic E-state index is 0.0139. The van der Waals surface area contributed by atoms with Crippen molar-refractivity contribution in [1.82, 2.24) is 9.58 Å². The van der Waals surface area contributed by atoms with Gasteiger partial charge in [0, 0.05) is 35.0 Å². The second kappa shape index (κ2) is 8.13. The van der Waals surface area contributed by atoms with Crippen LogP contribution in [0.2, 0.25) is 0 Å². The van der Waals surface area contributed by atoms with E-state index in [-0.39, 0.29) is 23.6 Å². The Bertz CT molecular complexity index is 1350. The molecule has 3 aliphatic heterocycles. The van der Waals surface area contributed by atoms with Crippen LogP contribution in [0.3, 0.4) is 0 Å². The number of carbonyl (C=O) groups excluding carboxylic acids is 1. The molecule has 0 saturated carbocycles. The Balaban J connectivity index is 1.67. The standard InChI is InChI=1S/C26H25N3O4S/c1-16-9-11-27-15-29(28-12-10-19(30)25(31)24(28)26(27)32)23-18-6-2-3-8-21(18)34-14-17-5-4-7-20(22(17)23)33-13-16/h2-8,10,12,16,23,31H,9,11,13-15H2,1H3/t16-,23+/m1/s1. The first-order chi connectivity index (χ1) is 16.5. The van der Waals surface area contributed by atoms with Gasteiger partial charge in [-0.1, -0.05) is 37.3 Å². The number of hydrogen-bond acceptors (Lipinski definition) is 6. The van der Waals surface area contributed by atoms with Gasteiger partial charge in [0.1, 0.15) is 18.5 Å². The molecule has 7 nitrogen and oxygen atoms in total. The van der Waals surface area contributed by atoms with E-state index in [1.165, 1.54) is 11.6 Å². The van der Waals surface area contributed by atoms with E-state index in [1.54, 1.807) is 27.5 Å². The Morgan fingerprint density at radius 3 is 2.82 bits per heavy atom. The summed E-state index contributed by atoms with van der Waals surface area (Å²) in [5.74, 6) is 1.03. The van der Waals surface area contributed by atoms with Crippen LogP contribution in [-0.2, 0) is 5.75 Å². The number of aromatic nitrogens is 1. The van der Waals surface area contributed by atoms with Crippen molar-refractivity contribution in [2.75, 3.05) is 24.8 Å². The summed E-state index contributed by atoms with van der Waals surface area (Å²) in [5.41, 5.74) is 2.80. The van der Waals surface area contributed by atoms with Gasteiger partial charge in [0.25, 0.3) is 5.91 Å². The van der Waals surface area contributed by atoms with Crippen LogP contribution in [0.5, 0.6) is 11.5 Å². The molecule has 34 heavy (non-hydrogen) atoms. The number of carbonyl (C=O) groups is 1. The van der Waals surface area contributed by atoms with Crippen LogP contribution in [0.25, 0.3) is 0 Å². The number of ether oxygens (including phenoxy) is 1. The molecule has 0 saturated heterocycles. The lowest BCUT2D eigenvalue weighted by Crippen LogP contribution is -2.55. The quantitative estimate of drug-likeness (QED) is 0.534. The monoisotopic (exact) mass is 475 g/mol. The van der Waals surface area contributed by atoms with Crippen LogP contribution in [0.4, 0.5) is 0 Å². The molecular weight excluding hydrogens is 450 g/mol. The van der Waals surface area contributed by atoms with Gasteiger partial charge in [-0.3, -0.25) is 19.3 Å². The summed E-state index contributed by atoms with van der Waals surface area (Å²) in [5, 5.41) is 12.8. The van der Waals surface area contributed by atoms with Crippen LogP contribution >= 0.6 is 11.8 Å². The lowest BCUT2D eigenvalue weighted by Gasteiger charge is -2.44. The van der Waals surface area contributed by atoms with E-state index in [2.05, 4.69) is 30.1 Å². The van der Waals surface area contributed by atoms with Gasteiger partial charge < -0.3 is 14.7 Å². The largest absolute Gasteiger partial charge is 0.502 e. The first-order valence-electron chi connectivity index (χ1n) is 11.5. The number of pyridine rings is 1. The second-order valence-electron chi connectivity index (χ2n) is 9.13. The van der Waals surface area contributed by atoms with Crippen molar-refractivity contribution in [3.63, 3.8) is 0 Å². The summed E-state index contributed by atoms with van der Waals surface area (Å²) in [4.78, 5) is 28.7. The molecule has 1 N–H and O–H groups in total. The fourth-order valence-corrected chi connectivity index (χ4v) is 6.15. The number of rotatable bonds is 0. The maximum Gasteiger partial charge on any atom is 0.277 e. The summed E-state index contributed by atoms with van der Waals surface area (Å²) >= 11 is 1.78. The third-order valence-corrected chi connectivity index (χ3v) is 8.01. The zero-order chi connectivity index (χ0) is 23.4. The average Bonchev–Trinajstić information content (AvgIpc) is 3.02. The average molecular weight is 476 g/mol. The minimum Gasteiger partial charge on any atom is -0.502 e. The lowest BCUT2D eigenvalue weighted by molar-refractivity contribution is 0.0667. The zero-order valence-electron chi connectivity index (χ0n) is 18.8. The summed E-state index contributed by atoms with van der Waals surface area (Å²) < 4.78 is 8.07. The number of hydrogen-bond donors (Lipinski definition) is 1. The third kappa shape index (κ3) is 3.27. The van der Waals surface area contributed by atoms with Gasteiger partial charge in [0.2, 0.25) is 5.43 Å².